The van der Waals surface area contributed by atoms with Crippen molar-refractivity contribution in [3.63, 3.8) is 0 Å². The Hall–Kier alpha value is -4.06. The molecular weight excluding hydrogens is 472 g/mol. The van der Waals surface area contributed by atoms with E-state index in [1.807, 2.05) is 6.07 Å². The van der Waals surface area contributed by atoms with Crippen LogP contribution in [0.4, 0.5) is 5.69 Å². The number of furan rings is 1. The van der Waals surface area contributed by atoms with Gasteiger partial charge in [0.1, 0.15) is 17.3 Å². The molecule has 5 aromatic rings. The Labute approximate surface area is 202 Å². The predicted molar refractivity (Wildman–Crippen MR) is 133 cm³/mol. The molecule has 0 aliphatic carbocycles. The van der Waals surface area contributed by atoms with E-state index >= 15 is 0 Å². The first kappa shape index (κ1) is 21.8. The van der Waals surface area contributed by atoms with Crippen LogP contribution in [-0.4, -0.2) is 21.2 Å². The zero-order valence-corrected chi connectivity index (χ0v) is 19.1. The van der Waals surface area contributed by atoms with Crippen molar-refractivity contribution in [2.75, 3.05) is 11.1 Å². The lowest BCUT2D eigenvalue weighted by molar-refractivity contribution is -0.113. The summed E-state index contributed by atoms with van der Waals surface area (Å²) in [7, 11) is 0. The lowest BCUT2D eigenvalue weighted by atomic mass is 10.2. The molecule has 5 rings (SSSR count). The van der Waals surface area contributed by atoms with Crippen LogP contribution in [0.5, 0.6) is 0 Å². The molecule has 1 amide bonds. The van der Waals surface area contributed by atoms with Gasteiger partial charge in [0.25, 0.3) is 5.56 Å². The molecule has 0 saturated heterocycles. The van der Waals surface area contributed by atoms with Crippen LogP contribution in [-0.2, 0) is 4.79 Å². The van der Waals surface area contributed by atoms with Gasteiger partial charge in [0.05, 0.1) is 22.3 Å². The van der Waals surface area contributed by atoms with Gasteiger partial charge in [0, 0.05) is 10.4 Å². The number of benzene rings is 3. The summed E-state index contributed by atoms with van der Waals surface area (Å²) in [6, 6.07) is 23.0. The zero-order valence-electron chi connectivity index (χ0n) is 17.5. The first-order valence-corrected chi connectivity index (χ1v) is 11.5. The van der Waals surface area contributed by atoms with Crippen LogP contribution in [0.25, 0.3) is 27.6 Å². The number of halogens is 1. The summed E-state index contributed by atoms with van der Waals surface area (Å²) in [6.45, 7) is 0. The number of amides is 1. The van der Waals surface area contributed by atoms with E-state index in [0.717, 1.165) is 11.8 Å². The van der Waals surface area contributed by atoms with Crippen LogP contribution in [0.15, 0.2) is 87.2 Å². The minimum atomic E-state index is -0.367. The minimum Gasteiger partial charge on any atom is -0.443 e. The van der Waals surface area contributed by atoms with Gasteiger partial charge in [-0.25, -0.2) is 4.98 Å². The van der Waals surface area contributed by atoms with Crippen molar-refractivity contribution in [3.8, 4) is 11.8 Å². The number of hydrogen-bond acceptors (Lipinski definition) is 6. The van der Waals surface area contributed by atoms with Crippen molar-refractivity contribution in [2.24, 2.45) is 0 Å². The highest BCUT2D eigenvalue weighted by Crippen LogP contribution is 2.31. The number of carbonyl (C=O) groups excluding carboxylic acids is 1. The van der Waals surface area contributed by atoms with Crippen LogP contribution in [0.3, 0.4) is 0 Å². The van der Waals surface area contributed by atoms with Crippen molar-refractivity contribution >= 4 is 56.8 Å². The summed E-state index contributed by atoms with van der Waals surface area (Å²) < 4.78 is 6.96. The number of aromatic nitrogens is 2. The van der Waals surface area contributed by atoms with E-state index < -0.39 is 0 Å². The number of fused-ring (bicyclic) bond motifs is 2. The molecule has 3 aromatic carbocycles. The fourth-order valence-corrected chi connectivity index (χ4v) is 4.60. The number of thioether (sulfide) groups is 1. The average molecular weight is 487 g/mol. The molecule has 0 saturated carbocycles. The van der Waals surface area contributed by atoms with Crippen LogP contribution in [0.1, 0.15) is 5.76 Å². The lowest BCUT2D eigenvalue weighted by Gasteiger charge is -2.13. The van der Waals surface area contributed by atoms with Gasteiger partial charge in [-0.05, 0) is 42.5 Å². The smallest absolute Gasteiger partial charge is 0.266 e. The third-order valence-electron chi connectivity index (χ3n) is 5.11. The average Bonchev–Trinajstić information content (AvgIpc) is 3.20. The molecule has 0 aliphatic rings. The van der Waals surface area contributed by atoms with Gasteiger partial charge in [-0.1, -0.05) is 53.7 Å². The Morgan fingerprint density at radius 1 is 1.09 bits per heavy atom. The molecule has 2 aromatic heterocycles. The highest BCUT2D eigenvalue weighted by Gasteiger charge is 2.18. The first-order chi connectivity index (χ1) is 16.5. The van der Waals surface area contributed by atoms with Crippen molar-refractivity contribution < 1.29 is 9.21 Å². The molecule has 34 heavy (non-hydrogen) atoms. The number of nitrogens with one attached hydrogen (secondary N) is 1. The Balaban J connectivity index is 1.49. The topological polar surface area (TPSA) is 101 Å². The van der Waals surface area contributed by atoms with Crippen LogP contribution >= 0.6 is 23.4 Å². The second-order valence-electron chi connectivity index (χ2n) is 7.28. The first-order valence-electron chi connectivity index (χ1n) is 10.2. The van der Waals surface area contributed by atoms with Gasteiger partial charge in [-0.3, -0.25) is 14.2 Å². The molecule has 1 N–H and O–H groups in total. The number of nitrogens with zero attached hydrogens (tertiary/aromatic N) is 3. The predicted octanol–water partition coefficient (Wildman–Crippen LogP) is 5.39. The minimum absolute atomic E-state index is 0.0271. The van der Waals surface area contributed by atoms with E-state index in [1.165, 1.54) is 4.57 Å². The highest BCUT2D eigenvalue weighted by atomic mass is 35.5. The normalized spacial score (nSPS) is 10.9. The van der Waals surface area contributed by atoms with Crippen LogP contribution in [0, 0.1) is 11.3 Å². The van der Waals surface area contributed by atoms with Crippen molar-refractivity contribution in [1.29, 1.82) is 5.26 Å². The van der Waals surface area contributed by atoms with E-state index in [-0.39, 0.29) is 23.0 Å². The second-order valence-corrected chi connectivity index (χ2v) is 8.66. The molecule has 7 nitrogen and oxygen atoms in total. The number of para-hydroxylation sites is 2. The number of hydrogen-bond donors (Lipinski definition) is 1. The molecular formula is C25H15ClN4O3S. The number of anilines is 1. The van der Waals surface area contributed by atoms with Gasteiger partial charge in [0.2, 0.25) is 11.7 Å². The SMILES string of the molecule is N#Cc1oc2ccccc2c1NC(=O)CSc1nc2ccccc2c(=O)n1-c1cccc(Cl)c1. The Bertz CT molecular complexity index is 1670. The number of carbonyl (C=O) groups is 1. The fourth-order valence-electron chi connectivity index (χ4n) is 3.61. The molecule has 0 atom stereocenters. The molecule has 166 valence electrons. The molecule has 0 bridgehead atoms. The van der Waals surface area contributed by atoms with Gasteiger partial charge in [-0.2, -0.15) is 5.26 Å². The maximum Gasteiger partial charge on any atom is 0.266 e. The Kier molecular flexibility index (Phi) is 5.80. The molecule has 0 radical (unpaired) electrons. The highest BCUT2D eigenvalue weighted by molar-refractivity contribution is 7.99. The summed E-state index contributed by atoms with van der Waals surface area (Å²) in [5.74, 6) is -0.386. The van der Waals surface area contributed by atoms with Gasteiger partial charge < -0.3 is 9.73 Å². The number of nitriles is 1. The number of rotatable bonds is 5. The zero-order chi connectivity index (χ0) is 23.7. The largest absolute Gasteiger partial charge is 0.443 e. The van der Waals surface area contributed by atoms with Gasteiger partial charge in [-0.15, -0.1) is 0 Å². The van der Waals surface area contributed by atoms with Crippen molar-refractivity contribution in [3.05, 3.63) is 93.9 Å². The summed E-state index contributed by atoms with van der Waals surface area (Å²) in [5.41, 5.74) is 1.64. The third-order valence-corrected chi connectivity index (χ3v) is 6.28. The van der Waals surface area contributed by atoms with E-state index in [4.69, 9.17) is 16.0 Å². The molecule has 0 spiro atoms. The Morgan fingerprint density at radius 2 is 1.85 bits per heavy atom. The summed E-state index contributed by atoms with van der Waals surface area (Å²) in [4.78, 5) is 30.8. The van der Waals surface area contributed by atoms with E-state index in [2.05, 4.69) is 10.3 Å². The van der Waals surface area contributed by atoms with Crippen molar-refractivity contribution in [1.82, 2.24) is 9.55 Å². The van der Waals surface area contributed by atoms with Gasteiger partial charge >= 0.3 is 0 Å². The Morgan fingerprint density at radius 3 is 2.65 bits per heavy atom. The monoisotopic (exact) mass is 486 g/mol. The standard InChI is InChI=1S/C25H15ClN4O3S/c26-15-6-5-7-16(12-15)30-24(32)17-8-1-3-10-19(17)28-25(30)34-14-22(31)29-23-18-9-2-4-11-20(18)33-21(23)13-27/h1-12H,14H2,(H,29,31). The van der Waals surface area contributed by atoms with Crippen molar-refractivity contribution in [2.45, 2.75) is 5.16 Å². The maximum absolute atomic E-state index is 13.3. The van der Waals surface area contributed by atoms with Gasteiger partial charge in [0.15, 0.2) is 5.16 Å². The quantitative estimate of drug-likeness (QED) is 0.264. The molecule has 0 unspecified atom stereocenters. The summed E-state index contributed by atoms with van der Waals surface area (Å²) >= 11 is 7.27. The summed E-state index contributed by atoms with van der Waals surface area (Å²) in [5, 5.41) is 14.1. The maximum atomic E-state index is 13.3. The van der Waals surface area contributed by atoms with E-state index in [0.29, 0.717) is 43.4 Å². The molecule has 0 fully saturated rings. The molecule has 9 heteroatoms. The van der Waals surface area contributed by atoms with E-state index in [9.17, 15) is 14.9 Å². The van der Waals surface area contributed by atoms with E-state index in [1.54, 1.807) is 72.8 Å². The fraction of sp³-hybridized carbons (Fsp3) is 0.0400. The second kappa shape index (κ2) is 9.06. The molecule has 0 aliphatic heterocycles. The van der Waals surface area contributed by atoms with Crippen LogP contribution in [0.2, 0.25) is 5.02 Å². The lowest BCUT2D eigenvalue weighted by Crippen LogP contribution is -2.23. The van der Waals surface area contributed by atoms with Crippen LogP contribution < -0.4 is 10.9 Å². The summed E-state index contributed by atoms with van der Waals surface area (Å²) in [6.07, 6.45) is 0. The third kappa shape index (κ3) is 4.03. The molecule has 2 heterocycles.